The summed E-state index contributed by atoms with van der Waals surface area (Å²) in [5, 5.41) is 3.64. The number of anilines is 1. The highest BCUT2D eigenvalue weighted by Gasteiger charge is 2.27. The Morgan fingerprint density at radius 1 is 1.14 bits per heavy atom. The molecule has 116 valence electrons. The fraction of sp³-hybridized carbons (Fsp3) is 0.647. The van der Waals surface area contributed by atoms with Gasteiger partial charge in [-0.05, 0) is 49.9 Å². The molecule has 2 fully saturated rings. The van der Waals surface area contributed by atoms with E-state index in [1.807, 2.05) is 12.1 Å². The first-order valence-electron chi connectivity index (χ1n) is 8.18. The van der Waals surface area contributed by atoms with Crippen molar-refractivity contribution in [2.45, 2.75) is 25.8 Å². The highest BCUT2D eigenvalue weighted by atomic mass is 19.1. The van der Waals surface area contributed by atoms with Gasteiger partial charge >= 0.3 is 0 Å². The van der Waals surface area contributed by atoms with Crippen molar-refractivity contribution in [3.05, 3.63) is 30.1 Å². The SMILES string of the molecule is CC(NCCN1CCN(c2ccc(F)cc2)CC1)C1CC1. The van der Waals surface area contributed by atoms with E-state index in [0.717, 1.165) is 50.9 Å². The summed E-state index contributed by atoms with van der Waals surface area (Å²) in [7, 11) is 0. The Kier molecular flexibility index (Phi) is 4.76. The average Bonchev–Trinajstić information content (AvgIpc) is 3.33. The number of nitrogens with zero attached hydrogens (tertiary/aromatic N) is 2. The van der Waals surface area contributed by atoms with Crippen molar-refractivity contribution in [2.24, 2.45) is 5.92 Å². The summed E-state index contributed by atoms with van der Waals surface area (Å²) in [5.74, 6) is 0.772. The van der Waals surface area contributed by atoms with E-state index in [1.165, 1.54) is 12.8 Å². The summed E-state index contributed by atoms with van der Waals surface area (Å²) in [6, 6.07) is 7.54. The summed E-state index contributed by atoms with van der Waals surface area (Å²) in [6.07, 6.45) is 2.81. The average molecular weight is 291 g/mol. The summed E-state index contributed by atoms with van der Waals surface area (Å²) in [6.45, 7) is 8.79. The number of nitrogens with one attached hydrogen (secondary N) is 1. The number of piperazine rings is 1. The maximum atomic E-state index is 12.9. The summed E-state index contributed by atoms with van der Waals surface area (Å²) in [5.41, 5.74) is 1.14. The summed E-state index contributed by atoms with van der Waals surface area (Å²) < 4.78 is 12.9. The van der Waals surface area contributed by atoms with Crippen LogP contribution in [0.15, 0.2) is 24.3 Å². The highest BCUT2D eigenvalue weighted by Crippen LogP contribution is 2.32. The molecule has 0 aromatic heterocycles. The Morgan fingerprint density at radius 3 is 2.43 bits per heavy atom. The second-order valence-electron chi connectivity index (χ2n) is 6.39. The third kappa shape index (κ3) is 4.17. The minimum Gasteiger partial charge on any atom is -0.369 e. The van der Waals surface area contributed by atoms with E-state index in [0.29, 0.717) is 6.04 Å². The van der Waals surface area contributed by atoms with Crippen LogP contribution in [-0.4, -0.2) is 50.2 Å². The van der Waals surface area contributed by atoms with Crippen molar-refractivity contribution in [2.75, 3.05) is 44.2 Å². The predicted octanol–water partition coefficient (Wildman–Crippen LogP) is 2.34. The number of rotatable bonds is 6. The molecule has 1 aromatic rings. The van der Waals surface area contributed by atoms with Gasteiger partial charge in [0.15, 0.2) is 0 Å². The largest absolute Gasteiger partial charge is 0.369 e. The van der Waals surface area contributed by atoms with Gasteiger partial charge in [0.25, 0.3) is 0 Å². The maximum Gasteiger partial charge on any atom is 0.123 e. The van der Waals surface area contributed by atoms with E-state index in [9.17, 15) is 4.39 Å². The summed E-state index contributed by atoms with van der Waals surface area (Å²) >= 11 is 0. The van der Waals surface area contributed by atoms with Gasteiger partial charge in [-0.15, -0.1) is 0 Å². The van der Waals surface area contributed by atoms with Crippen LogP contribution in [0.2, 0.25) is 0 Å². The van der Waals surface area contributed by atoms with Gasteiger partial charge in [-0.3, -0.25) is 4.90 Å². The molecule has 0 spiro atoms. The number of halogens is 1. The monoisotopic (exact) mass is 291 g/mol. The minimum atomic E-state index is -0.159. The first-order valence-corrected chi connectivity index (χ1v) is 8.18. The van der Waals surface area contributed by atoms with Gasteiger partial charge in [-0.25, -0.2) is 4.39 Å². The lowest BCUT2D eigenvalue weighted by molar-refractivity contribution is 0.253. The number of benzene rings is 1. The van der Waals surface area contributed by atoms with Crippen LogP contribution in [0.25, 0.3) is 0 Å². The molecule has 1 saturated heterocycles. The molecule has 1 heterocycles. The molecule has 2 aliphatic rings. The standard InChI is InChI=1S/C17H26FN3/c1-14(15-2-3-15)19-8-9-20-10-12-21(13-11-20)17-6-4-16(18)5-7-17/h4-7,14-15,19H,2-3,8-13H2,1H3. The van der Waals surface area contributed by atoms with Crippen molar-refractivity contribution in [3.8, 4) is 0 Å². The van der Waals surface area contributed by atoms with Crippen LogP contribution in [0.3, 0.4) is 0 Å². The molecular formula is C17H26FN3. The lowest BCUT2D eigenvalue weighted by Crippen LogP contribution is -2.48. The van der Waals surface area contributed by atoms with Crippen LogP contribution in [0, 0.1) is 11.7 Å². The quantitative estimate of drug-likeness (QED) is 0.868. The van der Waals surface area contributed by atoms with Crippen LogP contribution in [0.4, 0.5) is 10.1 Å². The molecule has 1 aromatic carbocycles. The molecule has 0 radical (unpaired) electrons. The zero-order chi connectivity index (χ0) is 14.7. The van der Waals surface area contributed by atoms with Crippen molar-refractivity contribution >= 4 is 5.69 Å². The van der Waals surface area contributed by atoms with E-state index in [-0.39, 0.29) is 5.82 Å². The minimum absolute atomic E-state index is 0.159. The summed E-state index contributed by atoms with van der Waals surface area (Å²) in [4.78, 5) is 4.86. The molecule has 1 N–H and O–H groups in total. The lowest BCUT2D eigenvalue weighted by atomic mass is 10.2. The van der Waals surface area contributed by atoms with Gasteiger partial charge in [0.1, 0.15) is 5.82 Å². The van der Waals surface area contributed by atoms with Crippen LogP contribution in [0.1, 0.15) is 19.8 Å². The fourth-order valence-electron chi connectivity index (χ4n) is 3.09. The van der Waals surface area contributed by atoms with Gasteiger partial charge in [-0.1, -0.05) is 0 Å². The number of hydrogen-bond acceptors (Lipinski definition) is 3. The van der Waals surface area contributed by atoms with Crippen LogP contribution < -0.4 is 10.2 Å². The van der Waals surface area contributed by atoms with E-state index in [4.69, 9.17) is 0 Å². The topological polar surface area (TPSA) is 18.5 Å². The van der Waals surface area contributed by atoms with Gasteiger partial charge in [-0.2, -0.15) is 0 Å². The van der Waals surface area contributed by atoms with Crippen molar-refractivity contribution in [3.63, 3.8) is 0 Å². The van der Waals surface area contributed by atoms with Crippen molar-refractivity contribution < 1.29 is 4.39 Å². The zero-order valence-corrected chi connectivity index (χ0v) is 12.9. The first-order chi connectivity index (χ1) is 10.2. The van der Waals surface area contributed by atoms with Gasteiger partial charge in [0.2, 0.25) is 0 Å². The molecule has 1 aliphatic heterocycles. The normalized spacial score (nSPS) is 21.5. The molecule has 1 aliphatic carbocycles. The molecule has 3 rings (SSSR count). The Morgan fingerprint density at radius 2 is 1.81 bits per heavy atom. The van der Waals surface area contributed by atoms with Gasteiger partial charge in [0, 0.05) is 51.0 Å². The maximum absolute atomic E-state index is 12.9. The molecule has 1 atom stereocenters. The van der Waals surface area contributed by atoms with Crippen molar-refractivity contribution in [1.82, 2.24) is 10.2 Å². The predicted molar refractivity (Wildman–Crippen MR) is 85.2 cm³/mol. The Bertz CT molecular complexity index is 436. The van der Waals surface area contributed by atoms with E-state index in [2.05, 4.69) is 22.0 Å². The molecule has 3 nitrogen and oxygen atoms in total. The molecular weight excluding hydrogens is 265 g/mol. The van der Waals surface area contributed by atoms with E-state index >= 15 is 0 Å². The van der Waals surface area contributed by atoms with E-state index in [1.54, 1.807) is 12.1 Å². The lowest BCUT2D eigenvalue weighted by Gasteiger charge is -2.36. The smallest absolute Gasteiger partial charge is 0.123 e. The molecule has 4 heteroatoms. The molecule has 0 amide bonds. The van der Waals surface area contributed by atoms with E-state index < -0.39 is 0 Å². The Balaban J connectivity index is 1.37. The molecule has 1 saturated carbocycles. The second-order valence-corrected chi connectivity index (χ2v) is 6.39. The molecule has 1 unspecified atom stereocenters. The first kappa shape index (κ1) is 14.8. The van der Waals surface area contributed by atoms with Crippen molar-refractivity contribution in [1.29, 1.82) is 0 Å². The Labute approximate surface area is 127 Å². The fourth-order valence-corrected chi connectivity index (χ4v) is 3.09. The van der Waals surface area contributed by atoms with Gasteiger partial charge in [0.05, 0.1) is 0 Å². The van der Waals surface area contributed by atoms with Crippen LogP contribution in [0.5, 0.6) is 0 Å². The van der Waals surface area contributed by atoms with Crippen LogP contribution in [-0.2, 0) is 0 Å². The van der Waals surface area contributed by atoms with Gasteiger partial charge < -0.3 is 10.2 Å². The third-order valence-electron chi connectivity index (χ3n) is 4.79. The number of hydrogen-bond donors (Lipinski definition) is 1. The highest BCUT2D eigenvalue weighted by molar-refractivity contribution is 5.46. The molecule has 21 heavy (non-hydrogen) atoms. The zero-order valence-electron chi connectivity index (χ0n) is 12.9. The second kappa shape index (κ2) is 6.75. The molecule has 0 bridgehead atoms. The Hall–Kier alpha value is -1.13. The van der Waals surface area contributed by atoms with Crippen LogP contribution >= 0.6 is 0 Å². The third-order valence-corrected chi connectivity index (χ3v) is 4.79.